The number of nitrogens with one attached hydrogen (secondary N) is 1. The highest BCUT2D eigenvalue weighted by atomic mass is 16.4. The Hall–Kier alpha value is -2.70. The van der Waals surface area contributed by atoms with E-state index in [1.165, 1.54) is 0 Å². The van der Waals surface area contributed by atoms with E-state index in [4.69, 9.17) is 5.11 Å². The maximum atomic E-state index is 11.6. The highest BCUT2D eigenvalue weighted by molar-refractivity contribution is 5.85. The maximum absolute atomic E-state index is 11.6. The number of hydrogen-bond donors (Lipinski definition) is 3. The summed E-state index contributed by atoms with van der Waals surface area (Å²) in [6.45, 7) is 11.8. The van der Waals surface area contributed by atoms with Gasteiger partial charge in [-0.2, -0.15) is 0 Å². The number of benzene rings is 1. The van der Waals surface area contributed by atoms with Gasteiger partial charge in [-0.3, -0.25) is 0 Å². The van der Waals surface area contributed by atoms with Gasteiger partial charge in [0.25, 0.3) is 0 Å². The van der Waals surface area contributed by atoms with Crippen LogP contribution in [0.15, 0.2) is 23.5 Å². The first-order chi connectivity index (χ1) is 11.9. The van der Waals surface area contributed by atoms with Crippen LogP contribution in [0.2, 0.25) is 0 Å². The molecule has 1 aromatic carbocycles. The summed E-state index contributed by atoms with van der Waals surface area (Å²) in [5.41, 5.74) is 1.11. The maximum Gasteiger partial charge on any atom is 0.353 e. The van der Waals surface area contributed by atoms with Crippen molar-refractivity contribution in [2.24, 2.45) is 5.18 Å². The van der Waals surface area contributed by atoms with E-state index in [2.05, 4.69) is 15.1 Å². The average Bonchev–Trinajstić information content (AvgIpc) is 2.96. The van der Waals surface area contributed by atoms with Crippen molar-refractivity contribution in [1.82, 2.24) is 9.97 Å². The van der Waals surface area contributed by atoms with Gasteiger partial charge in [-0.1, -0.05) is 46.7 Å². The zero-order chi connectivity index (χ0) is 19.9. The molecule has 0 aliphatic heterocycles. The fraction of sp³-hybridized carbons (Fsp3) is 0.474. The highest BCUT2D eigenvalue weighted by Crippen LogP contribution is 2.41. The van der Waals surface area contributed by atoms with Crippen molar-refractivity contribution in [3.8, 4) is 5.75 Å². The molecule has 1 atom stereocenters. The van der Waals surface area contributed by atoms with Crippen LogP contribution in [0.25, 0.3) is 0 Å². The van der Waals surface area contributed by atoms with Crippen LogP contribution in [0.1, 0.15) is 80.6 Å². The Morgan fingerprint density at radius 1 is 1.12 bits per heavy atom. The Bertz CT molecular complexity index is 806. The molecule has 2 aromatic rings. The summed E-state index contributed by atoms with van der Waals surface area (Å²) >= 11 is 0. The van der Waals surface area contributed by atoms with Crippen molar-refractivity contribution in [1.29, 1.82) is 0 Å². The lowest BCUT2D eigenvalue weighted by Gasteiger charge is -2.28. The second kappa shape index (κ2) is 6.55. The van der Waals surface area contributed by atoms with Gasteiger partial charge in [-0.25, -0.2) is 9.78 Å². The van der Waals surface area contributed by atoms with Gasteiger partial charge in [0.1, 0.15) is 17.3 Å². The quantitative estimate of drug-likeness (QED) is 0.705. The molecular weight excluding hydrogens is 334 g/mol. The fourth-order valence-corrected chi connectivity index (χ4v) is 2.81. The van der Waals surface area contributed by atoms with E-state index in [1.807, 2.05) is 41.5 Å². The van der Waals surface area contributed by atoms with Crippen molar-refractivity contribution in [2.45, 2.75) is 58.4 Å². The predicted molar refractivity (Wildman–Crippen MR) is 98.7 cm³/mol. The normalized spacial score (nSPS) is 13.5. The predicted octanol–water partition coefficient (Wildman–Crippen LogP) is 4.26. The van der Waals surface area contributed by atoms with Crippen molar-refractivity contribution < 1.29 is 15.0 Å². The largest absolute Gasteiger partial charge is 0.507 e. The molecule has 140 valence electrons. The first-order valence-electron chi connectivity index (χ1n) is 8.34. The smallest absolute Gasteiger partial charge is 0.353 e. The van der Waals surface area contributed by atoms with Crippen molar-refractivity contribution in [3.05, 3.63) is 51.4 Å². The topological polar surface area (TPSA) is 116 Å². The number of carboxylic acid groups (broad SMARTS) is 1. The van der Waals surface area contributed by atoms with Gasteiger partial charge in [0.05, 0.1) is 6.20 Å². The second-order valence-electron chi connectivity index (χ2n) is 8.46. The van der Waals surface area contributed by atoms with Gasteiger partial charge in [0.15, 0.2) is 6.04 Å². The number of H-pyrrole nitrogens is 1. The molecule has 1 aromatic heterocycles. The molecule has 0 spiro atoms. The van der Waals surface area contributed by atoms with Crippen LogP contribution < -0.4 is 0 Å². The van der Waals surface area contributed by atoms with Crippen molar-refractivity contribution in [2.75, 3.05) is 0 Å². The highest BCUT2D eigenvalue weighted by Gasteiger charge is 2.30. The Morgan fingerprint density at radius 2 is 1.62 bits per heavy atom. The number of aromatic amines is 1. The first-order valence-corrected chi connectivity index (χ1v) is 8.34. The molecule has 3 N–H and O–H groups in total. The molecule has 1 heterocycles. The summed E-state index contributed by atoms with van der Waals surface area (Å²) in [5, 5.41) is 23.0. The van der Waals surface area contributed by atoms with E-state index in [0.29, 0.717) is 16.7 Å². The lowest BCUT2D eigenvalue weighted by molar-refractivity contribution is 0.0691. The Morgan fingerprint density at radius 3 is 1.96 bits per heavy atom. The summed E-state index contributed by atoms with van der Waals surface area (Å²) in [5.74, 6) is -0.809. The van der Waals surface area contributed by atoms with Crippen LogP contribution in [0.4, 0.5) is 0 Å². The minimum absolute atomic E-state index is 0.112. The van der Waals surface area contributed by atoms with E-state index in [9.17, 15) is 14.8 Å². The third-order valence-electron chi connectivity index (χ3n) is 4.25. The number of carboxylic acids is 1. The number of nitroso groups, excluding NO2 is 1. The van der Waals surface area contributed by atoms with E-state index in [0.717, 1.165) is 6.20 Å². The number of phenolic OH excluding ortho intramolecular Hbond substituents is 1. The standard InChI is InChI=1S/C19H25N3O4/c1-18(2,3)11-7-10(8-12(15(11)23)19(4,5)6)14(22-26)16-20-9-13(21-16)17(24)25/h7-9,14,23H,1-6H3,(H,20,21)(H,24,25). The fourth-order valence-electron chi connectivity index (χ4n) is 2.81. The Kier molecular flexibility index (Phi) is 4.94. The number of aromatic nitrogens is 2. The lowest BCUT2D eigenvalue weighted by Crippen LogP contribution is -2.18. The Balaban J connectivity index is 2.69. The number of nitrogens with zero attached hydrogens (tertiary/aromatic N) is 2. The molecule has 26 heavy (non-hydrogen) atoms. The summed E-state index contributed by atoms with van der Waals surface area (Å²) in [4.78, 5) is 29.3. The van der Waals surface area contributed by atoms with Crippen LogP contribution in [0.5, 0.6) is 5.75 Å². The van der Waals surface area contributed by atoms with Crippen LogP contribution in [0.3, 0.4) is 0 Å². The molecule has 2 rings (SSSR count). The van der Waals surface area contributed by atoms with Crippen LogP contribution in [-0.4, -0.2) is 26.2 Å². The molecule has 0 radical (unpaired) electrons. The lowest BCUT2D eigenvalue weighted by atomic mass is 9.77. The average molecular weight is 359 g/mol. The zero-order valence-electron chi connectivity index (χ0n) is 15.9. The van der Waals surface area contributed by atoms with E-state index >= 15 is 0 Å². The summed E-state index contributed by atoms with van der Waals surface area (Å²) < 4.78 is 0. The molecule has 0 fully saturated rings. The van der Waals surface area contributed by atoms with Gasteiger partial charge in [-0.05, 0) is 39.7 Å². The SMILES string of the molecule is CC(C)(C)c1cc(C(N=O)c2ncc(C(=O)O)[nH]2)cc(C(C)(C)C)c1O. The van der Waals surface area contributed by atoms with E-state index in [-0.39, 0.29) is 28.1 Å². The van der Waals surface area contributed by atoms with E-state index < -0.39 is 12.0 Å². The molecule has 7 heteroatoms. The van der Waals surface area contributed by atoms with Gasteiger partial charge in [0.2, 0.25) is 0 Å². The number of imidazole rings is 1. The molecule has 7 nitrogen and oxygen atoms in total. The number of hydrogen-bond acceptors (Lipinski definition) is 5. The molecule has 1 unspecified atom stereocenters. The Labute approximate surface area is 152 Å². The summed E-state index contributed by atoms with van der Waals surface area (Å²) in [6.07, 6.45) is 1.16. The first kappa shape index (κ1) is 19.6. The minimum Gasteiger partial charge on any atom is -0.507 e. The molecule has 0 aliphatic carbocycles. The number of aromatic carboxylic acids is 1. The monoisotopic (exact) mass is 359 g/mol. The molecule has 0 saturated carbocycles. The van der Waals surface area contributed by atoms with Crippen LogP contribution in [-0.2, 0) is 10.8 Å². The number of carbonyl (C=O) groups is 1. The molecule has 0 amide bonds. The molecular formula is C19H25N3O4. The summed E-state index contributed by atoms with van der Waals surface area (Å²) in [6, 6.07) is 2.48. The van der Waals surface area contributed by atoms with Gasteiger partial charge in [0, 0.05) is 0 Å². The molecule has 0 saturated heterocycles. The second-order valence-corrected chi connectivity index (χ2v) is 8.46. The van der Waals surface area contributed by atoms with Crippen LogP contribution in [0, 0.1) is 4.91 Å². The van der Waals surface area contributed by atoms with Gasteiger partial charge in [-0.15, -0.1) is 4.91 Å². The van der Waals surface area contributed by atoms with Gasteiger partial charge < -0.3 is 15.2 Å². The van der Waals surface area contributed by atoms with Crippen molar-refractivity contribution in [3.63, 3.8) is 0 Å². The third kappa shape index (κ3) is 3.76. The zero-order valence-corrected chi connectivity index (χ0v) is 15.9. The molecule has 0 bridgehead atoms. The number of phenols is 1. The summed E-state index contributed by atoms with van der Waals surface area (Å²) in [7, 11) is 0. The van der Waals surface area contributed by atoms with E-state index in [1.54, 1.807) is 12.1 Å². The van der Waals surface area contributed by atoms with Crippen molar-refractivity contribution >= 4 is 5.97 Å². The molecule has 0 aliphatic rings. The number of rotatable bonds is 4. The van der Waals surface area contributed by atoms with Crippen LogP contribution >= 0.6 is 0 Å². The third-order valence-corrected chi connectivity index (χ3v) is 4.25. The van der Waals surface area contributed by atoms with Gasteiger partial charge >= 0.3 is 5.97 Å². The number of aromatic hydroxyl groups is 1. The minimum atomic E-state index is -1.16.